The Morgan fingerprint density at radius 2 is 2.19 bits per heavy atom. The number of nitrogens with zero attached hydrogens (tertiary/aromatic N) is 2. The van der Waals surface area contributed by atoms with E-state index in [9.17, 15) is 8.42 Å². The maximum atomic E-state index is 12.2. The third-order valence-corrected chi connectivity index (χ3v) is 5.21. The van der Waals surface area contributed by atoms with Gasteiger partial charge in [0.15, 0.2) is 0 Å². The second kappa shape index (κ2) is 5.95. The summed E-state index contributed by atoms with van der Waals surface area (Å²) in [5.41, 5.74) is 5.39. The predicted molar refractivity (Wildman–Crippen MR) is 65.2 cm³/mol. The van der Waals surface area contributed by atoms with Gasteiger partial charge in [-0.05, 0) is 32.2 Å². The van der Waals surface area contributed by atoms with Crippen LogP contribution in [0.2, 0.25) is 0 Å². The lowest BCUT2D eigenvalue weighted by molar-refractivity contribution is 0.337. The fourth-order valence-corrected chi connectivity index (χ4v) is 3.84. The van der Waals surface area contributed by atoms with Gasteiger partial charge >= 0.3 is 0 Å². The van der Waals surface area contributed by atoms with Crippen LogP contribution in [-0.2, 0) is 10.2 Å². The van der Waals surface area contributed by atoms with Gasteiger partial charge in [0.25, 0.3) is 10.2 Å². The van der Waals surface area contributed by atoms with Gasteiger partial charge in [-0.3, -0.25) is 0 Å². The Balaban J connectivity index is 2.68. The molecule has 1 unspecified atom stereocenters. The Bertz CT molecular complexity index is 305. The van der Waals surface area contributed by atoms with Crippen molar-refractivity contribution in [1.82, 2.24) is 8.61 Å². The van der Waals surface area contributed by atoms with Crippen LogP contribution in [0, 0.1) is 0 Å². The first-order valence-corrected chi connectivity index (χ1v) is 7.37. The molecular weight excluding hydrogens is 226 g/mol. The van der Waals surface area contributed by atoms with Gasteiger partial charge in [-0.15, -0.1) is 0 Å². The van der Waals surface area contributed by atoms with Crippen LogP contribution in [0.3, 0.4) is 0 Å². The molecule has 1 heterocycles. The van der Waals surface area contributed by atoms with Crippen LogP contribution in [0.5, 0.6) is 0 Å². The monoisotopic (exact) mass is 249 g/mol. The van der Waals surface area contributed by atoms with Crippen molar-refractivity contribution < 1.29 is 8.42 Å². The van der Waals surface area contributed by atoms with Crippen molar-refractivity contribution in [3.05, 3.63) is 0 Å². The van der Waals surface area contributed by atoms with Crippen LogP contribution < -0.4 is 5.73 Å². The fourth-order valence-electron chi connectivity index (χ4n) is 2.13. The summed E-state index contributed by atoms with van der Waals surface area (Å²) < 4.78 is 27.5. The van der Waals surface area contributed by atoms with E-state index < -0.39 is 10.2 Å². The Morgan fingerprint density at radius 3 is 2.75 bits per heavy atom. The molecule has 0 aromatic carbocycles. The largest absolute Gasteiger partial charge is 0.330 e. The summed E-state index contributed by atoms with van der Waals surface area (Å²) in [5.74, 6) is 0. The van der Waals surface area contributed by atoms with Gasteiger partial charge < -0.3 is 5.73 Å². The molecule has 0 saturated carbocycles. The summed E-state index contributed by atoms with van der Waals surface area (Å²) in [6.07, 6.45) is 3.56. The number of nitrogens with two attached hydrogens (primary N) is 1. The van der Waals surface area contributed by atoms with Gasteiger partial charge in [0.05, 0.1) is 0 Å². The summed E-state index contributed by atoms with van der Waals surface area (Å²) >= 11 is 0. The summed E-state index contributed by atoms with van der Waals surface area (Å²) in [6, 6.07) is 0.185. The Labute approximate surface area is 98.8 Å². The van der Waals surface area contributed by atoms with Crippen LogP contribution >= 0.6 is 0 Å². The van der Waals surface area contributed by atoms with Crippen molar-refractivity contribution in [3.63, 3.8) is 0 Å². The van der Waals surface area contributed by atoms with Crippen LogP contribution in [0.25, 0.3) is 0 Å². The maximum absolute atomic E-state index is 12.2. The van der Waals surface area contributed by atoms with Crippen molar-refractivity contribution in [2.45, 2.75) is 38.6 Å². The van der Waals surface area contributed by atoms with Gasteiger partial charge in [0.1, 0.15) is 0 Å². The van der Waals surface area contributed by atoms with E-state index in [0.29, 0.717) is 26.1 Å². The molecule has 0 spiro atoms. The van der Waals surface area contributed by atoms with Gasteiger partial charge in [-0.25, -0.2) is 0 Å². The van der Waals surface area contributed by atoms with E-state index in [-0.39, 0.29) is 6.04 Å². The molecule has 1 fully saturated rings. The molecule has 2 N–H and O–H groups in total. The summed E-state index contributed by atoms with van der Waals surface area (Å²) in [7, 11) is -1.63. The minimum atomic E-state index is -3.26. The quantitative estimate of drug-likeness (QED) is 0.740. The molecule has 1 saturated heterocycles. The zero-order valence-corrected chi connectivity index (χ0v) is 11.0. The van der Waals surface area contributed by atoms with Crippen molar-refractivity contribution in [2.75, 3.05) is 26.7 Å². The summed E-state index contributed by atoms with van der Waals surface area (Å²) in [6.45, 7) is 3.73. The third-order valence-electron chi connectivity index (χ3n) is 3.16. The van der Waals surface area contributed by atoms with Crippen LogP contribution in [-0.4, -0.2) is 49.8 Å². The van der Waals surface area contributed by atoms with E-state index in [1.54, 1.807) is 11.4 Å². The third kappa shape index (κ3) is 2.94. The van der Waals surface area contributed by atoms with E-state index in [0.717, 1.165) is 19.3 Å². The molecule has 6 heteroatoms. The highest BCUT2D eigenvalue weighted by molar-refractivity contribution is 7.86. The van der Waals surface area contributed by atoms with Crippen molar-refractivity contribution in [2.24, 2.45) is 5.73 Å². The number of hydrogen-bond donors (Lipinski definition) is 1. The minimum absolute atomic E-state index is 0.185. The van der Waals surface area contributed by atoms with Crippen LogP contribution in [0.15, 0.2) is 0 Å². The standard InChI is InChI=1S/C10H23N3O2S/c1-3-10-6-4-9-13(10)16(14,15)12(2)8-5-7-11/h10H,3-9,11H2,1-2H3. The van der Waals surface area contributed by atoms with Crippen molar-refractivity contribution in [1.29, 1.82) is 0 Å². The van der Waals surface area contributed by atoms with Gasteiger partial charge in [-0.1, -0.05) is 6.92 Å². The highest BCUT2D eigenvalue weighted by Gasteiger charge is 2.35. The lowest BCUT2D eigenvalue weighted by Gasteiger charge is -2.28. The molecule has 1 aliphatic heterocycles. The minimum Gasteiger partial charge on any atom is -0.330 e. The Morgan fingerprint density at radius 1 is 1.50 bits per heavy atom. The number of rotatable bonds is 6. The first-order valence-electron chi connectivity index (χ1n) is 5.97. The van der Waals surface area contributed by atoms with Crippen molar-refractivity contribution >= 4 is 10.2 Å². The topological polar surface area (TPSA) is 66.6 Å². The fraction of sp³-hybridized carbons (Fsp3) is 1.00. The Kier molecular flexibility index (Phi) is 5.17. The zero-order chi connectivity index (χ0) is 12.2. The molecule has 5 nitrogen and oxygen atoms in total. The smallest absolute Gasteiger partial charge is 0.281 e. The molecule has 0 bridgehead atoms. The van der Waals surface area contributed by atoms with Crippen LogP contribution in [0.4, 0.5) is 0 Å². The van der Waals surface area contributed by atoms with Crippen molar-refractivity contribution in [3.8, 4) is 0 Å². The molecular formula is C10H23N3O2S. The lowest BCUT2D eigenvalue weighted by atomic mass is 10.2. The molecule has 16 heavy (non-hydrogen) atoms. The molecule has 0 aliphatic carbocycles. The normalized spacial score (nSPS) is 23.1. The molecule has 0 amide bonds. The van der Waals surface area contributed by atoms with E-state index in [4.69, 9.17) is 5.73 Å². The molecule has 1 atom stereocenters. The van der Waals surface area contributed by atoms with Gasteiger partial charge in [0.2, 0.25) is 0 Å². The second-order valence-electron chi connectivity index (χ2n) is 4.29. The molecule has 0 radical (unpaired) electrons. The maximum Gasteiger partial charge on any atom is 0.281 e. The van der Waals surface area contributed by atoms with E-state index in [1.807, 2.05) is 6.92 Å². The molecule has 0 aromatic rings. The molecule has 0 aromatic heterocycles. The highest BCUT2D eigenvalue weighted by atomic mass is 32.2. The Hall–Kier alpha value is -0.170. The zero-order valence-electron chi connectivity index (χ0n) is 10.2. The van der Waals surface area contributed by atoms with E-state index in [1.165, 1.54) is 4.31 Å². The van der Waals surface area contributed by atoms with Gasteiger partial charge in [-0.2, -0.15) is 17.0 Å². The summed E-state index contributed by atoms with van der Waals surface area (Å²) in [4.78, 5) is 0. The van der Waals surface area contributed by atoms with Crippen LogP contribution in [0.1, 0.15) is 32.6 Å². The van der Waals surface area contributed by atoms with E-state index >= 15 is 0 Å². The number of hydrogen-bond acceptors (Lipinski definition) is 3. The SMILES string of the molecule is CCC1CCCN1S(=O)(=O)N(C)CCCN. The average Bonchev–Trinajstić information content (AvgIpc) is 2.74. The molecule has 1 rings (SSSR count). The average molecular weight is 249 g/mol. The highest BCUT2D eigenvalue weighted by Crippen LogP contribution is 2.24. The van der Waals surface area contributed by atoms with Gasteiger partial charge in [0, 0.05) is 26.2 Å². The van der Waals surface area contributed by atoms with E-state index in [2.05, 4.69) is 0 Å². The first-order chi connectivity index (χ1) is 7.54. The molecule has 96 valence electrons. The lowest BCUT2D eigenvalue weighted by Crippen LogP contribution is -2.44. The summed E-state index contributed by atoms with van der Waals surface area (Å²) in [5, 5.41) is 0. The predicted octanol–water partition coefficient (Wildman–Crippen LogP) is 0.386. The second-order valence-corrected chi connectivity index (χ2v) is 6.27. The molecule has 1 aliphatic rings. The first kappa shape index (κ1) is 13.9.